The maximum atomic E-state index is 8.47. The van der Waals surface area contributed by atoms with Crippen LogP contribution in [0.5, 0.6) is 0 Å². The highest BCUT2D eigenvalue weighted by molar-refractivity contribution is 6.31. The Hall–Kier alpha value is -1.46. The van der Waals surface area contributed by atoms with Crippen molar-refractivity contribution in [1.29, 1.82) is 5.26 Å². The topological polar surface area (TPSA) is 28.7 Å². The number of aromatic nitrogens is 1. The van der Waals surface area contributed by atoms with Crippen molar-refractivity contribution in [1.82, 2.24) is 4.57 Å². The molecule has 0 bridgehead atoms. The normalized spacial score (nSPS) is 10.4. The lowest BCUT2D eigenvalue weighted by Gasteiger charge is -2.03. The van der Waals surface area contributed by atoms with E-state index in [0.717, 1.165) is 23.5 Å². The van der Waals surface area contributed by atoms with Crippen LogP contribution >= 0.6 is 11.6 Å². The molecule has 1 aromatic heterocycles. The van der Waals surface area contributed by atoms with Gasteiger partial charge in [0.1, 0.15) is 0 Å². The second-order valence-corrected chi connectivity index (χ2v) is 3.91. The highest BCUT2D eigenvalue weighted by Crippen LogP contribution is 2.20. The number of rotatable bonds is 3. The molecule has 0 unspecified atom stereocenters. The summed E-state index contributed by atoms with van der Waals surface area (Å²) in [4.78, 5) is 0. The number of nitriles is 1. The number of aryl methyl sites for hydroxylation is 1. The summed E-state index contributed by atoms with van der Waals surface area (Å²) in [5.74, 6) is 0. The molecule has 3 heteroatoms. The van der Waals surface area contributed by atoms with Gasteiger partial charge in [-0.25, -0.2) is 0 Å². The number of hydrogen-bond acceptors (Lipinski definition) is 1. The number of halogens is 1. The Morgan fingerprint density at radius 2 is 2.20 bits per heavy atom. The van der Waals surface area contributed by atoms with Crippen LogP contribution in [0.25, 0.3) is 10.9 Å². The van der Waals surface area contributed by atoms with Crippen LogP contribution in [0.4, 0.5) is 0 Å². The predicted molar refractivity (Wildman–Crippen MR) is 61.8 cm³/mol. The van der Waals surface area contributed by atoms with Crippen LogP contribution in [0, 0.1) is 11.3 Å². The molecule has 0 saturated carbocycles. The molecule has 0 aliphatic heterocycles. The molecule has 2 nitrogen and oxygen atoms in total. The number of hydrogen-bond donors (Lipinski definition) is 0. The van der Waals surface area contributed by atoms with Gasteiger partial charge in [0.2, 0.25) is 0 Å². The van der Waals surface area contributed by atoms with E-state index in [9.17, 15) is 0 Å². The fourth-order valence-electron chi connectivity index (χ4n) is 1.68. The molecule has 0 saturated heterocycles. The van der Waals surface area contributed by atoms with E-state index in [1.54, 1.807) is 0 Å². The van der Waals surface area contributed by atoms with Crippen LogP contribution in [0.15, 0.2) is 30.5 Å². The van der Waals surface area contributed by atoms with Gasteiger partial charge >= 0.3 is 0 Å². The van der Waals surface area contributed by atoms with E-state index in [0.29, 0.717) is 6.42 Å². The number of fused-ring (bicyclic) bond motifs is 1. The van der Waals surface area contributed by atoms with E-state index >= 15 is 0 Å². The van der Waals surface area contributed by atoms with Gasteiger partial charge in [0.25, 0.3) is 0 Å². The molecule has 0 radical (unpaired) electrons. The molecule has 2 aromatic rings. The Bertz CT molecular complexity index is 508. The fourth-order valence-corrected chi connectivity index (χ4v) is 1.85. The Kier molecular flexibility index (Phi) is 2.94. The Balaban J connectivity index is 2.28. The van der Waals surface area contributed by atoms with Crippen molar-refractivity contribution in [3.05, 3.63) is 35.5 Å². The maximum absolute atomic E-state index is 8.47. The predicted octanol–water partition coefficient (Wildman–Crippen LogP) is 3.60. The van der Waals surface area contributed by atoms with Crippen LogP contribution in [-0.2, 0) is 6.54 Å². The quantitative estimate of drug-likeness (QED) is 0.724. The van der Waals surface area contributed by atoms with Crippen LogP contribution < -0.4 is 0 Å². The van der Waals surface area contributed by atoms with Gasteiger partial charge < -0.3 is 4.57 Å². The zero-order chi connectivity index (χ0) is 10.7. The zero-order valence-electron chi connectivity index (χ0n) is 8.28. The van der Waals surface area contributed by atoms with Gasteiger partial charge in [-0.3, -0.25) is 0 Å². The van der Waals surface area contributed by atoms with Crippen LogP contribution in [-0.4, -0.2) is 4.57 Å². The minimum atomic E-state index is 0.597. The van der Waals surface area contributed by atoms with E-state index < -0.39 is 0 Å². The lowest BCUT2D eigenvalue weighted by atomic mass is 10.2. The first-order valence-corrected chi connectivity index (χ1v) is 5.30. The monoisotopic (exact) mass is 218 g/mol. The van der Waals surface area contributed by atoms with E-state index in [-0.39, 0.29) is 0 Å². The number of unbranched alkanes of at least 4 members (excludes halogenated alkanes) is 1. The second-order valence-electron chi connectivity index (χ2n) is 3.47. The second kappa shape index (κ2) is 4.37. The van der Waals surface area contributed by atoms with Crippen molar-refractivity contribution in [3.8, 4) is 6.07 Å². The molecule has 1 aromatic carbocycles. The summed E-state index contributed by atoms with van der Waals surface area (Å²) in [5.41, 5.74) is 1.14. The summed E-state index contributed by atoms with van der Waals surface area (Å²) in [6.45, 7) is 0.872. The first-order chi connectivity index (χ1) is 7.31. The minimum Gasteiger partial charge on any atom is -0.347 e. The van der Waals surface area contributed by atoms with E-state index in [2.05, 4.69) is 16.7 Å². The van der Waals surface area contributed by atoms with Crippen molar-refractivity contribution >= 4 is 22.5 Å². The van der Waals surface area contributed by atoms with Crippen molar-refractivity contribution in [2.24, 2.45) is 0 Å². The third kappa shape index (κ3) is 2.14. The number of benzene rings is 1. The lowest BCUT2D eigenvalue weighted by molar-refractivity contribution is 0.674. The summed E-state index contributed by atoms with van der Waals surface area (Å²) in [5, 5.41) is 10.4. The molecule has 1 heterocycles. The fraction of sp³-hybridized carbons (Fsp3) is 0.250. The summed E-state index contributed by atoms with van der Waals surface area (Å²) < 4.78 is 2.14. The number of nitrogens with zero attached hydrogens (tertiary/aromatic N) is 2. The van der Waals surface area contributed by atoms with Crippen LogP contribution in [0.1, 0.15) is 12.8 Å². The summed E-state index contributed by atoms with van der Waals surface area (Å²) in [6, 6.07) is 10.1. The smallest absolute Gasteiger partial charge is 0.0622 e. The van der Waals surface area contributed by atoms with Crippen LogP contribution in [0.3, 0.4) is 0 Å². The van der Waals surface area contributed by atoms with Gasteiger partial charge in [0.05, 0.1) is 6.07 Å². The van der Waals surface area contributed by atoms with Gasteiger partial charge in [0.15, 0.2) is 0 Å². The summed E-state index contributed by atoms with van der Waals surface area (Å²) in [7, 11) is 0. The molecule has 0 amide bonds. The maximum Gasteiger partial charge on any atom is 0.0622 e. The standard InChI is InChI=1S/C12H11ClN2/c13-11-4-3-10-5-8-15(12(10)9-11)7-2-1-6-14/h3-5,8-9H,1-2,7H2. The van der Waals surface area contributed by atoms with Crippen LogP contribution in [0.2, 0.25) is 5.02 Å². The molecule has 0 spiro atoms. The Labute approximate surface area is 93.7 Å². The average molecular weight is 219 g/mol. The molecule has 0 fully saturated rings. The van der Waals surface area contributed by atoms with E-state index in [4.69, 9.17) is 16.9 Å². The zero-order valence-corrected chi connectivity index (χ0v) is 9.04. The Morgan fingerprint density at radius 3 is 3.00 bits per heavy atom. The largest absolute Gasteiger partial charge is 0.347 e. The van der Waals surface area contributed by atoms with Gasteiger partial charge in [-0.05, 0) is 30.0 Å². The van der Waals surface area contributed by atoms with Gasteiger partial charge in [0, 0.05) is 29.7 Å². The van der Waals surface area contributed by atoms with Gasteiger partial charge in [-0.1, -0.05) is 17.7 Å². The molecule has 0 aliphatic carbocycles. The SMILES string of the molecule is N#CCCCn1ccc2ccc(Cl)cc21. The lowest BCUT2D eigenvalue weighted by Crippen LogP contribution is -1.95. The molecular formula is C12H11ClN2. The minimum absolute atomic E-state index is 0.597. The highest BCUT2D eigenvalue weighted by atomic mass is 35.5. The third-order valence-corrected chi connectivity index (χ3v) is 2.66. The Morgan fingerprint density at radius 1 is 1.33 bits per heavy atom. The summed E-state index contributed by atoms with van der Waals surface area (Å²) >= 11 is 5.94. The molecule has 0 N–H and O–H groups in total. The first-order valence-electron chi connectivity index (χ1n) is 4.92. The average Bonchev–Trinajstić information content (AvgIpc) is 2.62. The van der Waals surface area contributed by atoms with Gasteiger partial charge in [-0.15, -0.1) is 0 Å². The first kappa shape index (κ1) is 10.1. The van der Waals surface area contributed by atoms with E-state index in [1.807, 2.05) is 24.4 Å². The molecule has 2 rings (SSSR count). The molecule has 0 aliphatic rings. The highest BCUT2D eigenvalue weighted by Gasteiger charge is 2.00. The molecule has 0 atom stereocenters. The molecule has 15 heavy (non-hydrogen) atoms. The van der Waals surface area contributed by atoms with Gasteiger partial charge in [-0.2, -0.15) is 5.26 Å². The van der Waals surface area contributed by atoms with Crippen molar-refractivity contribution in [3.63, 3.8) is 0 Å². The van der Waals surface area contributed by atoms with E-state index in [1.165, 1.54) is 5.39 Å². The van der Waals surface area contributed by atoms with Crippen molar-refractivity contribution < 1.29 is 0 Å². The van der Waals surface area contributed by atoms with Crippen molar-refractivity contribution in [2.45, 2.75) is 19.4 Å². The molecular weight excluding hydrogens is 208 g/mol. The van der Waals surface area contributed by atoms with Crippen molar-refractivity contribution in [2.75, 3.05) is 0 Å². The summed E-state index contributed by atoms with van der Waals surface area (Å²) in [6.07, 6.45) is 3.52. The third-order valence-electron chi connectivity index (χ3n) is 2.42. The molecule has 76 valence electrons.